The molecule has 18 heavy (non-hydrogen) atoms. The molecule has 3 fully saturated rings. The third-order valence-corrected chi connectivity index (χ3v) is 5.63. The van der Waals surface area contributed by atoms with Gasteiger partial charge >= 0.3 is 0 Å². The van der Waals surface area contributed by atoms with E-state index in [-0.39, 0.29) is 23.5 Å². The van der Waals surface area contributed by atoms with Crippen molar-refractivity contribution in [3.05, 3.63) is 0 Å². The first-order valence-electron chi connectivity index (χ1n) is 7.68. The number of piperidine rings is 1. The van der Waals surface area contributed by atoms with Crippen LogP contribution in [0.25, 0.3) is 0 Å². The molecular weight excluding hydrogens is 224 g/mol. The molecule has 2 aliphatic carbocycles. The highest BCUT2D eigenvalue weighted by molar-refractivity contribution is 5.07. The summed E-state index contributed by atoms with van der Waals surface area (Å²) in [4.78, 5) is 0. The van der Waals surface area contributed by atoms with Gasteiger partial charge in [0.25, 0.3) is 0 Å². The summed E-state index contributed by atoms with van der Waals surface area (Å²) in [5.74, 6) is 0.869. The second-order valence-electron chi connectivity index (χ2n) is 7.62. The van der Waals surface area contributed by atoms with Gasteiger partial charge in [0.1, 0.15) is 0 Å². The van der Waals surface area contributed by atoms with E-state index in [1.54, 1.807) is 0 Å². The number of aliphatic hydroxyl groups is 1. The van der Waals surface area contributed by atoms with Gasteiger partial charge in [0, 0.05) is 24.0 Å². The number of fused-ring (bicyclic) bond motifs is 2. The van der Waals surface area contributed by atoms with Crippen LogP contribution in [0.2, 0.25) is 0 Å². The van der Waals surface area contributed by atoms with E-state index < -0.39 is 0 Å². The monoisotopic (exact) mass is 252 g/mol. The highest BCUT2D eigenvalue weighted by Crippen LogP contribution is 2.45. The molecule has 0 radical (unpaired) electrons. The quantitative estimate of drug-likeness (QED) is 0.614. The molecule has 4 N–H and O–H groups in total. The smallest absolute Gasteiger partial charge is 0.0603 e. The van der Waals surface area contributed by atoms with E-state index in [9.17, 15) is 5.11 Å². The second-order valence-corrected chi connectivity index (χ2v) is 7.62. The summed E-state index contributed by atoms with van der Waals surface area (Å²) in [5.41, 5.74) is 6.77. The molecule has 6 atom stereocenters. The molecular formula is C15H28N2O. The Labute approximate surface area is 111 Å². The van der Waals surface area contributed by atoms with Crippen LogP contribution in [0.5, 0.6) is 0 Å². The first-order valence-corrected chi connectivity index (χ1v) is 7.68. The summed E-state index contributed by atoms with van der Waals surface area (Å²) in [6, 6.07) is 1.24. The zero-order valence-electron chi connectivity index (χ0n) is 11.7. The number of hydrogen-bond donors (Lipinski definition) is 3. The molecule has 1 saturated heterocycles. The van der Waals surface area contributed by atoms with Crippen molar-refractivity contribution in [1.82, 2.24) is 5.32 Å². The van der Waals surface area contributed by atoms with Gasteiger partial charge in [-0.2, -0.15) is 0 Å². The van der Waals surface area contributed by atoms with Crippen LogP contribution >= 0.6 is 0 Å². The summed E-state index contributed by atoms with van der Waals surface area (Å²) in [5, 5.41) is 14.3. The van der Waals surface area contributed by atoms with E-state index in [0.717, 1.165) is 12.8 Å². The van der Waals surface area contributed by atoms with Gasteiger partial charge in [-0.3, -0.25) is 0 Å². The Morgan fingerprint density at radius 3 is 2.61 bits per heavy atom. The summed E-state index contributed by atoms with van der Waals surface area (Å²) in [6.07, 6.45) is 7.02. The van der Waals surface area contributed by atoms with Crippen molar-refractivity contribution in [2.24, 2.45) is 23.0 Å². The SMILES string of the molecule is CC1(C)CC2NC3CCCCC3C(N)C2[C@H](O)C1. The van der Waals surface area contributed by atoms with Crippen LogP contribution in [0, 0.1) is 17.3 Å². The fraction of sp³-hybridized carbons (Fsp3) is 1.00. The molecule has 1 aliphatic heterocycles. The number of nitrogens with two attached hydrogens (primary N) is 1. The summed E-state index contributed by atoms with van der Waals surface area (Å²) >= 11 is 0. The van der Waals surface area contributed by atoms with Crippen LogP contribution in [-0.2, 0) is 0 Å². The molecule has 0 aromatic rings. The third-order valence-electron chi connectivity index (χ3n) is 5.63. The second kappa shape index (κ2) is 4.46. The predicted octanol–water partition coefficient (Wildman–Crippen LogP) is 1.64. The Bertz CT molecular complexity index is 318. The lowest BCUT2D eigenvalue weighted by Crippen LogP contribution is -2.67. The first-order chi connectivity index (χ1) is 8.48. The molecule has 3 rings (SSSR count). The molecule has 2 saturated carbocycles. The van der Waals surface area contributed by atoms with Gasteiger partial charge in [-0.1, -0.05) is 26.7 Å². The molecule has 104 valence electrons. The minimum Gasteiger partial charge on any atom is -0.393 e. The van der Waals surface area contributed by atoms with Crippen LogP contribution < -0.4 is 11.1 Å². The minimum absolute atomic E-state index is 0.202. The van der Waals surface area contributed by atoms with Crippen LogP contribution in [0.4, 0.5) is 0 Å². The fourth-order valence-electron chi connectivity index (χ4n) is 4.87. The molecule has 3 aliphatic rings. The van der Waals surface area contributed by atoms with E-state index in [1.807, 2.05) is 0 Å². The van der Waals surface area contributed by atoms with E-state index in [0.29, 0.717) is 18.0 Å². The minimum atomic E-state index is -0.218. The average Bonchev–Trinajstić information content (AvgIpc) is 2.26. The standard InChI is InChI=1S/C15H28N2O/c1-15(2)7-11-13(12(18)8-15)14(16)9-5-3-4-6-10(9)17-11/h9-14,17-18H,3-8,16H2,1-2H3/t9?,10?,11?,12-,13?,14?/m1/s1. The van der Waals surface area contributed by atoms with E-state index in [2.05, 4.69) is 19.2 Å². The van der Waals surface area contributed by atoms with Crippen molar-refractivity contribution < 1.29 is 5.11 Å². The van der Waals surface area contributed by atoms with E-state index >= 15 is 0 Å². The van der Waals surface area contributed by atoms with Crippen LogP contribution in [-0.4, -0.2) is 29.3 Å². The molecule has 0 spiro atoms. The number of hydrogen-bond acceptors (Lipinski definition) is 3. The maximum Gasteiger partial charge on any atom is 0.0603 e. The number of nitrogens with one attached hydrogen (secondary N) is 1. The lowest BCUT2D eigenvalue weighted by atomic mass is 9.60. The van der Waals surface area contributed by atoms with Crippen molar-refractivity contribution in [2.75, 3.05) is 0 Å². The van der Waals surface area contributed by atoms with Crippen LogP contribution in [0.1, 0.15) is 52.4 Å². The Morgan fingerprint density at radius 1 is 1.11 bits per heavy atom. The van der Waals surface area contributed by atoms with Crippen molar-refractivity contribution >= 4 is 0 Å². The molecule has 0 aromatic carbocycles. The van der Waals surface area contributed by atoms with Crippen molar-refractivity contribution in [1.29, 1.82) is 0 Å². The Balaban J connectivity index is 1.81. The maximum absolute atomic E-state index is 10.5. The lowest BCUT2D eigenvalue weighted by Gasteiger charge is -2.55. The third kappa shape index (κ3) is 2.10. The molecule has 0 amide bonds. The molecule has 3 heteroatoms. The van der Waals surface area contributed by atoms with Gasteiger partial charge in [-0.15, -0.1) is 0 Å². The average molecular weight is 252 g/mol. The summed E-state index contributed by atoms with van der Waals surface area (Å²) < 4.78 is 0. The molecule has 3 nitrogen and oxygen atoms in total. The van der Waals surface area contributed by atoms with E-state index in [1.165, 1.54) is 25.7 Å². The van der Waals surface area contributed by atoms with Crippen molar-refractivity contribution in [2.45, 2.75) is 76.6 Å². The normalized spacial score (nSPS) is 51.3. The van der Waals surface area contributed by atoms with Gasteiger partial charge in [-0.05, 0) is 37.0 Å². The largest absolute Gasteiger partial charge is 0.393 e. The Hall–Kier alpha value is -0.120. The highest BCUT2D eigenvalue weighted by atomic mass is 16.3. The molecule has 0 bridgehead atoms. The van der Waals surface area contributed by atoms with Crippen molar-refractivity contribution in [3.8, 4) is 0 Å². The van der Waals surface area contributed by atoms with E-state index in [4.69, 9.17) is 5.73 Å². The zero-order valence-corrected chi connectivity index (χ0v) is 11.7. The van der Waals surface area contributed by atoms with Crippen LogP contribution in [0.15, 0.2) is 0 Å². The maximum atomic E-state index is 10.5. The van der Waals surface area contributed by atoms with Crippen LogP contribution in [0.3, 0.4) is 0 Å². The summed E-state index contributed by atoms with van der Waals surface area (Å²) in [6.45, 7) is 4.54. The van der Waals surface area contributed by atoms with Gasteiger partial charge in [0.15, 0.2) is 0 Å². The van der Waals surface area contributed by atoms with Crippen molar-refractivity contribution in [3.63, 3.8) is 0 Å². The molecule has 5 unspecified atom stereocenters. The Kier molecular flexibility index (Phi) is 3.20. The lowest BCUT2D eigenvalue weighted by molar-refractivity contribution is -0.0577. The fourth-order valence-corrected chi connectivity index (χ4v) is 4.87. The predicted molar refractivity (Wildman–Crippen MR) is 73.2 cm³/mol. The molecule has 1 heterocycles. The van der Waals surface area contributed by atoms with Gasteiger partial charge < -0.3 is 16.2 Å². The number of rotatable bonds is 0. The highest BCUT2D eigenvalue weighted by Gasteiger charge is 2.50. The first kappa shape index (κ1) is 12.9. The number of aliphatic hydroxyl groups excluding tert-OH is 1. The topological polar surface area (TPSA) is 58.3 Å². The van der Waals surface area contributed by atoms with Gasteiger partial charge in [0.05, 0.1) is 6.10 Å². The Morgan fingerprint density at radius 2 is 1.83 bits per heavy atom. The van der Waals surface area contributed by atoms with Gasteiger partial charge in [0.2, 0.25) is 0 Å². The van der Waals surface area contributed by atoms with Gasteiger partial charge in [-0.25, -0.2) is 0 Å². The summed E-state index contributed by atoms with van der Waals surface area (Å²) in [7, 11) is 0. The molecule has 0 aromatic heterocycles. The zero-order chi connectivity index (χ0) is 12.9.